The molecule has 2 aromatic rings. The van der Waals surface area contributed by atoms with Crippen LogP contribution in [0.25, 0.3) is 0 Å². The number of hydrogen-bond acceptors (Lipinski definition) is 7. The Morgan fingerprint density at radius 2 is 1.69 bits per heavy atom. The summed E-state index contributed by atoms with van der Waals surface area (Å²) in [5, 5.41) is 0. The van der Waals surface area contributed by atoms with Crippen LogP contribution in [-0.4, -0.2) is 39.8 Å². The van der Waals surface area contributed by atoms with E-state index < -0.39 is 5.97 Å². The lowest BCUT2D eigenvalue weighted by Gasteiger charge is -2.15. The third kappa shape index (κ3) is 4.29. The molecule has 0 radical (unpaired) electrons. The lowest BCUT2D eigenvalue weighted by Crippen LogP contribution is -2.11. The number of hydrogen-bond donors (Lipinski definition) is 0. The highest BCUT2D eigenvalue weighted by Crippen LogP contribution is 2.36. The molecule has 0 aliphatic carbocycles. The predicted molar refractivity (Wildman–Crippen MR) is 100 cm³/mol. The molecule has 0 bridgehead atoms. The Labute approximate surface area is 156 Å². The van der Waals surface area contributed by atoms with E-state index in [1.807, 2.05) is 6.26 Å². The highest BCUT2D eigenvalue weighted by Gasteiger charge is 2.19. The average Bonchev–Trinajstić information content (AvgIpc) is 2.68. The molecule has 6 nitrogen and oxygen atoms in total. The van der Waals surface area contributed by atoms with Gasteiger partial charge in [0.05, 0.1) is 26.9 Å². The highest BCUT2D eigenvalue weighted by molar-refractivity contribution is 7.97. The number of rotatable bonds is 8. The van der Waals surface area contributed by atoms with Crippen molar-refractivity contribution in [1.82, 2.24) is 0 Å². The van der Waals surface area contributed by atoms with Gasteiger partial charge in [0, 0.05) is 16.9 Å². The molecule has 0 heterocycles. The summed E-state index contributed by atoms with van der Waals surface area (Å²) in [7, 11) is 4.47. The van der Waals surface area contributed by atoms with Gasteiger partial charge in [-0.15, -0.1) is 0 Å². The van der Waals surface area contributed by atoms with Crippen LogP contribution < -0.4 is 18.9 Å². The molecule has 0 aliphatic heterocycles. The Kier molecular flexibility index (Phi) is 6.91. The van der Waals surface area contributed by atoms with Crippen LogP contribution in [0.1, 0.15) is 26.3 Å². The van der Waals surface area contributed by atoms with Gasteiger partial charge in [-0.1, -0.05) is 0 Å². The number of aldehydes is 1. The Morgan fingerprint density at radius 1 is 1.00 bits per heavy atom. The summed E-state index contributed by atoms with van der Waals surface area (Å²) < 4.78 is 21.3. The molecule has 0 atom stereocenters. The maximum absolute atomic E-state index is 12.6. The predicted octanol–water partition coefficient (Wildman–Crippen LogP) is 3.61. The smallest absolute Gasteiger partial charge is 0.343 e. The number of benzene rings is 2. The summed E-state index contributed by atoms with van der Waals surface area (Å²) in [4.78, 5) is 23.7. The fourth-order valence-electron chi connectivity index (χ4n) is 2.40. The molecule has 0 saturated carbocycles. The third-order valence-electron chi connectivity index (χ3n) is 3.62. The molecule has 0 aliphatic rings. The largest absolute Gasteiger partial charge is 0.493 e. The maximum atomic E-state index is 12.6. The van der Waals surface area contributed by atoms with Crippen LogP contribution in [0.2, 0.25) is 0 Å². The number of carbonyl (C=O) groups excluding carboxylic acids is 2. The van der Waals surface area contributed by atoms with Crippen LogP contribution in [0.5, 0.6) is 23.0 Å². The van der Waals surface area contributed by atoms with Gasteiger partial charge >= 0.3 is 5.97 Å². The summed E-state index contributed by atoms with van der Waals surface area (Å²) >= 11 is 1.54. The Hall–Kier alpha value is -2.67. The lowest BCUT2D eigenvalue weighted by atomic mass is 10.1. The lowest BCUT2D eigenvalue weighted by molar-refractivity contribution is 0.0728. The van der Waals surface area contributed by atoms with Crippen LogP contribution in [-0.2, 0) is 5.75 Å². The quantitative estimate of drug-likeness (QED) is 0.396. The van der Waals surface area contributed by atoms with Crippen molar-refractivity contribution in [2.75, 3.05) is 27.6 Å². The normalized spacial score (nSPS) is 10.2. The molecule has 2 rings (SSSR count). The zero-order valence-electron chi connectivity index (χ0n) is 15.0. The summed E-state index contributed by atoms with van der Waals surface area (Å²) in [6.07, 6.45) is 2.65. The van der Waals surface area contributed by atoms with Gasteiger partial charge in [-0.2, -0.15) is 11.8 Å². The molecular formula is C19H20O6S. The second kappa shape index (κ2) is 9.15. The summed E-state index contributed by atoms with van der Waals surface area (Å²) in [6, 6.07) is 7.98. The standard InChI is InChI=1S/C19H20O6S/c1-22-15-6-5-13(9-16(15)23-2)19(21)25-18-14(11-26-4)7-12(10-20)8-17(18)24-3/h5-10H,11H2,1-4H3. The van der Waals surface area contributed by atoms with Crippen molar-refractivity contribution in [2.45, 2.75) is 5.75 Å². The van der Waals surface area contributed by atoms with Crippen molar-refractivity contribution in [3.8, 4) is 23.0 Å². The van der Waals surface area contributed by atoms with E-state index in [1.165, 1.54) is 27.4 Å². The van der Waals surface area contributed by atoms with Crippen LogP contribution in [0.3, 0.4) is 0 Å². The van der Waals surface area contributed by atoms with Crippen molar-refractivity contribution in [2.24, 2.45) is 0 Å². The van der Waals surface area contributed by atoms with Gasteiger partial charge in [0.15, 0.2) is 23.0 Å². The minimum absolute atomic E-state index is 0.298. The maximum Gasteiger partial charge on any atom is 0.343 e. The number of ether oxygens (including phenoxy) is 4. The first-order valence-corrected chi connectivity index (χ1v) is 9.06. The van der Waals surface area contributed by atoms with Gasteiger partial charge in [-0.05, 0) is 36.6 Å². The molecule has 0 N–H and O–H groups in total. The molecule has 2 aromatic carbocycles. The molecule has 0 spiro atoms. The van der Waals surface area contributed by atoms with E-state index in [2.05, 4.69) is 0 Å². The monoisotopic (exact) mass is 376 g/mol. The van der Waals surface area contributed by atoms with Crippen molar-refractivity contribution in [3.05, 3.63) is 47.0 Å². The zero-order chi connectivity index (χ0) is 19.1. The highest BCUT2D eigenvalue weighted by atomic mass is 32.2. The number of thioether (sulfide) groups is 1. The summed E-state index contributed by atoms with van der Waals surface area (Å²) in [5.74, 6) is 1.56. The topological polar surface area (TPSA) is 71.1 Å². The Balaban J connectivity index is 2.40. The molecule has 138 valence electrons. The molecule has 0 unspecified atom stereocenters. The first kappa shape index (κ1) is 19.7. The van der Waals surface area contributed by atoms with E-state index in [4.69, 9.17) is 18.9 Å². The van der Waals surface area contributed by atoms with Crippen LogP contribution in [0.15, 0.2) is 30.3 Å². The van der Waals surface area contributed by atoms with Crippen molar-refractivity contribution in [1.29, 1.82) is 0 Å². The van der Waals surface area contributed by atoms with Crippen molar-refractivity contribution in [3.63, 3.8) is 0 Å². The summed E-state index contributed by atoms with van der Waals surface area (Å²) in [6.45, 7) is 0. The summed E-state index contributed by atoms with van der Waals surface area (Å²) in [5.41, 5.74) is 1.46. The second-order valence-electron chi connectivity index (χ2n) is 5.22. The zero-order valence-corrected chi connectivity index (χ0v) is 15.8. The molecule has 0 amide bonds. The van der Waals surface area contributed by atoms with Gasteiger partial charge in [-0.3, -0.25) is 4.79 Å². The minimum atomic E-state index is -0.564. The number of carbonyl (C=O) groups is 2. The molecule has 0 aromatic heterocycles. The van der Waals surface area contributed by atoms with Crippen molar-refractivity contribution >= 4 is 24.0 Å². The molecular weight excluding hydrogens is 356 g/mol. The molecule has 0 saturated heterocycles. The van der Waals surface area contributed by atoms with E-state index in [0.717, 1.165) is 6.29 Å². The third-order valence-corrected chi connectivity index (χ3v) is 4.22. The average molecular weight is 376 g/mol. The first-order chi connectivity index (χ1) is 12.6. The second-order valence-corrected chi connectivity index (χ2v) is 6.09. The van der Waals surface area contributed by atoms with Gasteiger partial charge < -0.3 is 18.9 Å². The van der Waals surface area contributed by atoms with Gasteiger partial charge in [-0.25, -0.2) is 4.79 Å². The molecule has 26 heavy (non-hydrogen) atoms. The Morgan fingerprint density at radius 3 is 2.27 bits per heavy atom. The number of methoxy groups -OCH3 is 3. The Bertz CT molecular complexity index is 803. The van der Waals surface area contributed by atoms with Crippen molar-refractivity contribution < 1.29 is 28.5 Å². The molecule has 0 fully saturated rings. The minimum Gasteiger partial charge on any atom is -0.493 e. The van der Waals surface area contributed by atoms with E-state index in [-0.39, 0.29) is 0 Å². The van der Waals surface area contributed by atoms with E-state index in [9.17, 15) is 9.59 Å². The first-order valence-electron chi connectivity index (χ1n) is 7.67. The van der Waals surface area contributed by atoms with Gasteiger partial charge in [0.25, 0.3) is 0 Å². The van der Waals surface area contributed by atoms with Gasteiger partial charge in [0.2, 0.25) is 0 Å². The SMILES string of the molecule is COc1ccc(C(=O)Oc2c(CSC)cc(C=O)cc2OC)cc1OC. The molecule has 7 heteroatoms. The van der Waals surface area contributed by atoms with Crippen LogP contribution >= 0.6 is 11.8 Å². The van der Waals surface area contributed by atoms with E-state index in [1.54, 1.807) is 36.0 Å². The van der Waals surface area contributed by atoms with Crippen LogP contribution in [0, 0.1) is 0 Å². The fraction of sp³-hybridized carbons (Fsp3) is 0.263. The fourth-order valence-corrected chi connectivity index (χ4v) is 2.92. The van der Waals surface area contributed by atoms with Gasteiger partial charge in [0.1, 0.15) is 6.29 Å². The van der Waals surface area contributed by atoms with E-state index in [0.29, 0.717) is 45.4 Å². The van der Waals surface area contributed by atoms with Crippen LogP contribution in [0.4, 0.5) is 0 Å². The number of esters is 1. The van der Waals surface area contributed by atoms with E-state index >= 15 is 0 Å².